The molecule has 0 aliphatic rings. The quantitative estimate of drug-likeness (QED) is 0.850. The van der Waals surface area contributed by atoms with Gasteiger partial charge in [-0.15, -0.1) is 0 Å². The van der Waals surface area contributed by atoms with Crippen molar-refractivity contribution < 1.29 is 9.53 Å². The van der Waals surface area contributed by atoms with E-state index in [1.54, 1.807) is 7.11 Å². The zero-order valence-corrected chi connectivity index (χ0v) is 14.8. The molecule has 1 amide bonds. The van der Waals surface area contributed by atoms with Gasteiger partial charge in [-0.05, 0) is 32.1 Å². The minimum absolute atomic E-state index is 0.114. The van der Waals surface area contributed by atoms with Gasteiger partial charge in [-0.25, -0.2) is 0 Å². The topological polar surface area (TPSA) is 41.6 Å². The number of likely N-dealkylation sites (N-methyl/N-ethyl adjacent to an activating group) is 1. The van der Waals surface area contributed by atoms with Crippen LogP contribution in [0.3, 0.4) is 0 Å². The molecule has 0 saturated heterocycles. The fourth-order valence-corrected chi connectivity index (χ4v) is 2.70. The Hall–Kier alpha value is -2.17. The minimum Gasteiger partial charge on any atom is -0.367 e. The average molecular weight is 326 g/mol. The maximum Gasteiger partial charge on any atom is 0.253 e. The van der Waals surface area contributed by atoms with E-state index in [-0.39, 0.29) is 11.9 Å². The van der Waals surface area contributed by atoms with E-state index in [1.165, 1.54) is 11.1 Å². The minimum atomic E-state index is -0.591. The number of ether oxygens (including phenoxy) is 1. The fourth-order valence-electron chi connectivity index (χ4n) is 2.70. The Morgan fingerprint density at radius 1 is 1.04 bits per heavy atom. The average Bonchev–Trinajstić information content (AvgIpc) is 2.58. The van der Waals surface area contributed by atoms with Crippen LogP contribution in [-0.4, -0.2) is 38.6 Å². The molecule has 1 N–H and O–H groups in total. The molecule has 128 valence electrons. The number of hydrogen-bond donors (Lipinski definition) is 1. The summed E-state index contributed by atoms with van der Waals surface area (Å²) < 4.78 is 5.39. The van der Waals surface area contributed by atoms with Crippen molar-refractivity contribution in [3.63, 3.8) is 0 Å². The third-order valence-electron chi connectivity index (χ3n) is 4.13. The van der Waals surface area contributed by atoms with Gasteiger partial charge in [0.2, 0.25) is 0 Å². The third-order valence-corrected chi connectivity index (χ3v) is 4.13. The molecule has 0 radical (unpaired) electrons. The highest BCUT2D eigenvalue weighted by Crippen LogP contribution is 2.20. The standard InChI is InChI=1S/C20H26N2O2/c1-15-10-12-16(13-11-15)18(22(2)3)14-21-20(23)19(24-4)17-8-6-5-7-9-17/h5-13,18-19H,14H2,1-4H3,(H,21,23)/t18-,19+/m0/s1. The number of nitrogens with zero attached hydrogens (tertiary/aromatic N) is 1. The number of rotatable bonds is 7. The first-order chi connectivity index (χ1) is 11.5. The highest BCUT2D eigenvalue weighted by Gasteiger charge is 2.22. The number of nitrogens with one attached hydrogen (secondary N) is 1. The van der Waals surface area contributed by atoms with Crippen LogP contribution in [0.1, 0.15) is 28.8 Å². The Bertz CT molecular complexity index is 638. The zero-order chi connectivity index (χ0) is 17.5. The number of hydrogen-bond acceptors (Lipinski definition) is 3. The second kappa shape index (κ2) is 8.62. The molecule has 0 unspecified atom stereocenters. The van der Waals surface area contributed by atoms with Crippen LogP contribution in [0.4, 0.5) is 0 Å². The summed E-state index contributed by atoms with van der Waals surface area (Å²) in [5.41, 5.74) is 3.26. The number of methoxy groups -OCH3 is 1. The summed E-state index contributed by atoms with van der Waals surface area (Å²) in [6, 6.07) is 18.1. The summed E-state index contributed by atoms with van der Waals surface area (Å²) in [4.78, 5) is 14.6. The lowest BCUT2D eigenvalue weighted by Crippen LogP contribution is -2.37. The zero-order valence-electron chi connectivity index (χ0n) is 14.8. The van der Waals surface area contributed by atoms with Crippen LogP contribution in [0, 0.1) is 6.92 Å². The van der Waals surface area contributed by atoms with Gasteiger partial charge < -0.3 is 15.0 Å². The molecule has 24 heavy (non-hydrogen) atoms. The van der Waals surface area contributed by atoms with E-state index in [0.717, 1.165) is 5.56 Å². The SMILES string of the molecule is CO[C@@H](C(=O)NC[C@@H](c1ccc(C)cc1)N(C)C)c1ccccc1. The number of carbonyl (C=O) groups excluding carboxylic acids is 1. The Morgan fingerprint density at radius 2 is 1.67 bits per heavy atom. The molecule has 0 fully saturated rings. The summed E-state index contributed by atoms with van der Waals surface area (Å²) in [6.45, 7) is 2.60. The maximum absolute atomic E-state index is 12.5. The maximum atomic E-state index is 12.5. The molecule has 0 saturated carbocycles. The molecule has 2 aromatic rings. The normalized spacial score (nSPS) is 13.5. The van der Waals surface area contributed by atoms with Crippen LogP contribution < -0.4 is 5.32 Å². The Kier molecular flexibility index (Phi) is 6.53. The molecular weight excluding hydrogens is 300 g/mol. The molecule has 0 aliphatic heterocycles. The largest absolute Gasteiger partial charge is 0.367 e. The molecule has 2 atom stereocenters. The molecule has 2 rings (SSSR count). The number of aryl methyl sites for hydroxylation is 1. The van der Waals surface area contributed by atoms with Crippen LogP contribution in [0.2, 0.25) is 0 Å². The van der Waals surface area contributed by atoms with Crippen LogP contribution in [0.25, 0.3) is 0 Å². The second-order valence-corrected chi connectivity index (χ2v) is 6.16. The summed E-state index contributed by atoms with van der Waals surface area (Å²) in [6.07, 6.45) is -0.591. The lowest BCUT2D eigenvalue weighted by Gasteiger charge is -2.26. The molecule has 2 aromatic carbocycles. The van der Waals surface area contributed by atoms with Crippen molar-refractivity contribution in [2.24, 2.45) is 0 Å². The van der Waals surface area contributed by atoms with Crippen LogP contribution in [0.15, 0.2) is 54.6 Å². The van der Waals surface area contributed by atoms with Crippen molar-refractivity contribution in [3.8, 4) is 0 Å². The molecule has 0 aromatic heterocycles. The highest BCUT2D eigenvalue weighted by molar-refractivity contribution is 5.82. The predicted molar refractivity (Wildman–Crippen MR) is 96.8 cm³/mol. The van der Waals surface area contributed by atoms with Gasteiger partial charge in [-0.1, -0.05) is 60.2 Å². The van der Waals surface area contributed by atoms with E-state index in [1.807, 2.05) is 44.4 Å². The van der Waals surface area contributed by atoms with Gasteiger partial charge in [-0.3, -0.25) is 4.79 Å². The van der Waals surface area contributed by atoms with Crippen molar-refractivity contribution >= 4 is 5.91 Å². The van der Waals surface area contributed by atoms with E-state index >= 15 is 0 Å². The summed E-state index contributed by atoms with van der Waals surface area (Å²) >= 11 is 0. The van der Waals surface area contributed by atoms with Gasteiger partial charge in [0.05, 0.1) is 6.04 Å². The van der Waals surface area contributed by atoms with Gasteiger partial charge in [-0.2, -0.15) is 0 Å². The van der Waals surface area contributed by atoms with Gasteiger partial charge >= 0.3 is 0 Å². The van der Waals surface area contributed by atoms with Gasteiger partial charge in [0, 0.05) is 13.7 Å². The highest BCUT2D eigenvalue weighted by atomic mass is 16.5. The molecule has 0 heterocycles. The van der Waals surface area contributed by atoms with Crippen molar-refractivity contribution in [1.29, 1.82) is 0 Å². The van der Waals surface area contributed by atoms with E-state index in [4.69, 9.17) is 4.74 Å². The fraction of sp³-hybridized carbons (Fsp3) is 0.350. The van der Waals surface area contributed by atoms with E-state index < -0.39 is 6.10 Å². The number of benzene rings is 2. The van der Waals surface area contributed by atoms with Crippen LogP contribution in [0.5, 0.6) is 0 Å². The van der Waals surface area contributed by atoms with E-state index in [2.05, 4.69) is 41.4 Å². The molecule has 0 bridgehead atoms. The predicted octanol–water partition coefficient (Wildman–Crippen LogP) is 3.10. The molecule has 4 nitrogen and oxygen atoms in total. The summed E-state index contributed by atoms with van der Waals surface area (Å²) in [5, 5.41) is 3.02. The molecular formula is C20H26N2O2. The van der Waals surface area contributed by atoms with Crippen molar-refractivity contribution in [2.45, 2.75) is 19.1 Å². The lowest BCUT2D eigenvalue weighted by atomic mass is 10.0. The monoisotopic (exact) mass is 326 g/mol. The molecule has 0 spiro atoms. The Morgan fingerprint density at radius 3 is 2.21 bits per heavy atom. The first-order valence-corrected chi connectivity index (χ1v) is 8.11. The van der Waals surface area contributed by atoms with Crippen molar-refractivity contribution in [2.75, 3.05) is 27.7 Å². The first-order valence-electron chi connectivity index (χ1n) is 8.11. The van der Waals surface area contributed by atoms with Gasteiger partial charge in [0.25, 0.3) is 5.91 Å². The van der Waals surface area contributed by atoms with Crippen LogP contribution in [-0.2, 0) is 9.53 Å². The van der Waals surface area contributed by atoms with Crippen LogP contribution >= 0.6 is 0 Å². The van der Waals surface area contributed by atoms with Crippen molar-refractivity contribution in [1.82, 2.24) is 10.2 Å². The van der Waals surface area contributed by atoms with Crippen molar-refractivity contribution in [3.05, 3.63) is 71.3 Å². The number of carbonyl (C=O) groups is 1. The van der Waals surface area contributed by atoms with Gasteiger partial charge in [0.15, 0.2) is 6.10 Å². The molecule has 4 heteroatoms. The Balaban J connectivity index is 2.05. The Labute approximate surface area is 144 Å². The first kappa shape index (κ1) is 18.2. The van der Waals surface area contributed by atoms with Gasteiger partial charge in [0.1, 0.15) is 0 Å². The summed E-state index contributed by atoms with van der Waals surface area (Å²) in [7, 11) is 5.59. The van der Waals surface area contributed by atoms with E-state index in [9.17, 15) is 4.79 Å². The summed E-state index contributed by atoms with van der Waals surface area (Å²) in [5.74, 6) is -0.123. The smallest absolute Gasteiger partial charge is 0.253 e. The second-order valence-electron chi connectivity index (χ2n) is 6.16. The number of amides is 1. The van der Waals surface area contributed by atoms with E-state index in [0.29, 0.717) is 6.54 Å². The third kappa shape index (κ3) is 4.66. The molecule has 0 aliphatic carbocycles. The lowest BCUT2D eigenvalue weighted by molar-refractivity contribution is -0.131.